The van der Waals surface area contributed by atoms with Gasteiger partial charge in [0, 0.05) is 45.3 Å². The van der Waals surface area contributed by atoms with Crippen molar-refractivity contribution < 1.29 is 14.4 Å². The molecule has 2 aliphatic heterocycles. The molecule has 4 atom stereocenters. The quantitative estimate of drug-likeness (QED) is 0.569. The summed E-state index contributed by atoms with van der Waals surface area (Å²) in [5.74, 6) is 0.828. The SMILES string of the molecule is O=C(CCN1C(=O)[C@@H]2[C@H](C1=O)[C@H]1C=C[C@H]2CC1)N1CCN(c2ccccn2)CC1. The van der Waals surface area contributed by atoms with Gasteiger partial charge in [0.25, 0.3) is 0 Å². The second-order valence-corrected chi connectivity index (χ2v) is 8.48. The number of allylic oxidation sites excluding steroid dienone is 2. The van der Waals surface area contributed by atoms with Gasteiger partial charge in [-0.05, 0) is 36.8 Å². The number of carbonyl (C=O) groups is 3. The molecule has 5 aliphatic rings. The Bertz CT molecular complexity index is 815. The molecule has 1 aromatic heterocycles. The summed E-state index contributed by atoms with van der Waals surface area (Å²) in [5, 5.41) is 0. The number of hydrogen-bond acceptors (Lipinski definition) is 5. The van der Waals surface area contributed by atoms with Crippen molar-refractivity contribution in [2.24, 2.45) is 23.7 Å². The lowest BCUT2D eigenvalue weighted by atomic mass is 9.63. The fraction of sp³-hybridized carbons (Fsp3) is 0.545. The van der Waals surface area contributed by atoms with Crippen molar-refractivity contribution in [3.8, 4) is 0 Å². The van der Waals surface area contributed by atoms with Crippen molar-refractivity contribution in [1.29, 1.82) is 0 Å². The van der Waals surface area contributed by atoms with Crippen molar-refractivity contribution in [3.05, 3.63) is 36.5 Å². The molecule has 2 bridgehead atoms. The van der Waals surface area contributed by atoms with Crippen LogP contribution in [-0.4, -0.2) is 65.2 Å². The van der Waals surface area contributed by atoms with Crippen LogP contribution in [0, 0.1) is 23.7 Å². The molecule has 7 nitrogen and oxygen atoms in total. The average Bonchev–Trinajstić information content (AvgIpc) is 3.05. The largest absolute Gasteiger partial charge is 0.353 e. The summed E-state index contributed by atoms with van der Waals surface area (Å²) >= 11 is 0. The summed E-state index contributed by atoms with van der Waals surface area (Å²) in [4.78, 5) is 48.2. The van der Waals surface area contributed by atoms with E-state index in [0.717, 1.165) is 31.7 Å². The number of fused-ring (bicyclic) bond motifs is 1. The van der Waals surface area contributed by atoms with Crippen LogP contribution in [0.1, 0.15) is 19.3 Å². The number of amides is 3. The number of hydrogen-bond donors (Lipinski definition) is 0. The number of likely N-dealkylation sites (tertiary alicyclic amines) is 1. The Morgan fingerprint density at radius 3 is 2.17 bits per heavy atom. The van der Waals surface area contributed by atoms with Gasteiger partial charge in [-0.3, -0.25) is 19.3 Å². The summed E-state index contributed by atoms with van der Waals surface area (Å²) in [6.07, 6.45) is 8.22. The average molecular weight is 394 g/mol. The van der Waals surface area contributed by atoms with Gasteiger partial charge in [-0.15, -0.1) is 0 Å². The van der Waals surface area contributed by atoms with E-state index in [9.17, 15) is 14.4 Å². The molecule has 7 heteroatoms. The van der Waals surface area contributed by atoms with Crippen molar-refractivity contribution in [1.82, 2.24) is 14.8 Å². The van der Waals surface area contributed by atoms with Gasteiger partial charge in [0.2, 0.25) is 17.7 Å². The summed E-state index contributed by atoms with van der Waals surface area (Å²) in [6.45, 7) is 2.96. The third-order valence-electron chi connectivity index (χ3n) is 7.01. The molecule has 2 saturated heterocycles. The highest BCUT2D eigenvalue weighted by Gasteiger charge is 2.56. The first-order chi connectivity index (χ1) is 14.1. The van der Waals surface area contributed by atoms with Gasteiger partial charge >= 0.3 is 0 Å². The molecule has 152 valence electrons. The molecular formula is C22H26N4O3. The Kier molecular flexibility index (Phi) is 4.60. The number of carbonyl (C=O) groups excluding carboxylic acids is 3. The van der Waals surface area contributed by atoms with Crippen LogP contribution >= 0.6 is 0 Å². The predicted molar refractivity (Wildman–Crippen MR) is 107 cm³/mol. The van der Waals surface area contributed by atoms with E-state index in [1.54, 1.807) is 6.20 Å². The monoisotopic (exact) mass is 394 g/mol. The van der Waals surface area contributed by atoms with Crippen LogP contribution in [0.4, 0.5) is 5.82 Å². The topological polar surface area (TPSA) is 73.8 Å². The molecule has 3 heterocycles. The molecule has 29 heavy (non-hydrogen) atoms. The van der Waals surface area contributed by atoms with E-state index in [0.29, 0.717) is 13.1 Å². The van der Waals surface area contributed by atoms with Gasteiger partial charge in [-0.1, -0.05) is 18.2 Å². The van der Waals surface area contributed by atoms with Crippen LogP contribution in [0.15, 0.2) is 36.5 Å². The summed E-state index contributed by atoms with van der Waals surface area (Å²) in [7, 11) is 0. The number of aromatic nitrogens is 1. The molecule has 0 N–H and O–H groups in total. The lowest BCUT2D eigenvalue weighted by molar-refractivity contribution is -0.141. The molecular weight excluding hydrogens is 368 g/mol. The highest BCUT2D eigenvalue weighted by Crippen LogP contribution is 2.49. The third-order valence-corrected chi connectivity index (χ3v) is 7.01. The normalized spacial score (nSPS) is 30.8. The number of piperazine rings is 1. The number of pyridine rings is 1. The second-order valence-electron chi connectivity index (χ2n) is 8.48. The maximum Gasteiger partial charge on any atom is 0.233 e. The summed E-state index contributed by atoms with van der Waals surface area (Å²) < 4.78 is 0. The molecule has 0 unspecified atom stereocenters. The minimum absolute atomic E-state index is 0.0160. The first kappa shape index (κ1) is 18.3. The molecule has 1 saturated carbocycles. The fourth-order valence-corrected chi connectivity index (χ4v) is 5.45. The van der Waals surface area contributed by atoms with Crippen LogP contribution in [0.25, 0.3) is 0 Å². The van der Waals surface area contributed by atoms with Crippen LogP contribution in [0.5, 0.6) is 0 Å². The van der Waals surface area contributed by atoms with Crippen molar-refractivity contribution in [3.63, 3.8) is 0 Å². The molecule has 3 fully saturated rings. The van der Waals surface area contributed by atoms with Crippen molar-refractivity contribution in [2.75, 3.05) is 37.6 Å². The van der Waals surface area contributed by atoms with E-state index >= 15 is 0 Å². The maximum absolute atomic E-state index is 12.9. The predicted octanol–water partition coefficient (Wildman–Crippen LogP) is 1.32. The highest BCUT2D eigenvalue weighted by atomic mass is 16.2. The second kappa shape index (κ2) is 7.28. The zero-order chi connectivity index (χ0) is 20.0. The number of anilines is 1. The minimum atomic E-state index is -0.191. The Hall–Kier alpha value is -2.70. The molecule has 0 spiro atoms. The lowest BCUT2D eigenvalue weighted by Crippen LogP contribution is -2.49. The molecule has 6 rings (SSSR count). The van der Waals surface area contributed by atoms with E-state index in [2.05, 4.69) is 22.0 Å². The fourth-order valence-electron chi connectivity index (χ4n) is 5.45. The van der Waals surface area contributed by atoms with Gasteiger partial charge in [0.1, 0.15) is 5.82 Å². The number of imide groups is 1. The van der Waals surface area contributed by atoms with Crippen molar-refractivity contribution in [2.45, 2.75) is 19.3 Å². The van der Waals surface area contributed by atoms with Crippen molar-refractivity contribution >= 4 is 23.5 Å². The smallest absolute Gasteiger partial charge is 0.233 e. The van der Waals surface area contributed by atoms with E-state index in [1.165, 1.54) is 4.90 Å². The number of nitrogens with zero attached hydrogens (tertiary/aromatic N) is 4. The third kappa shape index (κ3) is 3.12. The van der Waals surface area contributed by atoms with Gasteiger partial charge in [-0.2, -0.15) is 0 Å². The Balaban J connectivity index is 1.16. The van der Waals surface area contributed by atoms with Crippen LogP contribution < -0.4 is 4.90 Å². The first-order valence-electron chi connectivity index (χ1n) is 10.6. The van der Waals surface area contributed by atoms with Crippen LogP contribution in [0.2, 0.25) is 0 Å². The zero-order valence-corrected chi connectivity index (χ0v) is 16.4. The summed E-state index contributed by atoms with van der Waals surface area (Å²) in [5.41, 5.74) is 0. The zero-order valence-electron chi connectivity index (χ0n) is 16.4. The molecule has 0 radical (unpaired) electrons. The van der Waals surface area contributed by atoms with E-state index < -0.39 is 0 Å². The highest BCUT2D eigenvalue weighted by molar-refractivity contribution is 6.06. The molecule has 1 aromatic rings. The lowest BCUT2D eigenvalue weighted by Gasteiger charge is -2.38. The maximum atomic E-state index is 12.9. The molecule has 3 amide bonds. The van der Waals surface area contributed by atoms with Gasteiger partial charge in [0.05, 0.1) is 11.8 Å². The van der Waals surface area contributed by atoms with Gasteiger partial charge < -0.3 is 9.80 Å². The van der Waals surface area contributed by atoms with E-state index in [1.807, 2.05) is 23.1 Å². The number of rotatable bonds is 4. The van der Waals surface area contributed by atoms with Crippen LogP contribution in [0.3, 0.4) is 0 Å². The standard InChI is InChI=1S/C22H26N4O3/c27-18(25-13-11-24(12-14-25)17-3-1-2-9-23-17)8-10-26-21(28)19-15-4-5-16(7-6-15)20(19)22(26)29/h1-5,9,15-16,19-20H,6-8,10-14H2/t15-,16-,19-,20+/m0/s1. The summed E-state index contributed by atoms with van der Waals surface area (Å²) in [6, 6.07) is 5.83. The molecule has 0 aromatic carbocycles. The van der Waals surface area contributed by atoms with Gasteiger partial charge in [0.15, 0.2) is 0 Å². The van der Waals surface area contributed by atoms with Crippen LogP contribution in [-0.2, 0) is 14.4 Å². The Morgan fingerprint density at radius 1 is 0.966 bits per heavy atom. The van der Waals surface area contributed by atoms with E-state index in [-0.39, 0.29) is 54.4 Å². The Morgan fingerprint density at radius 2 is 1.62 bits per heavy atom. The van der Waals surface area contributed by atoms with E-state index in [4.69, 9.17) is 0 Å². The molecule has 3 aliphatic carbocycles. The minimum Gasteiger partial charge on any atom is -0.353 e. The Labute approximate surface area is 170 Å². The first-order valence-corrected chi connectivity index (χ1v) is 10.6. The van der Waals surface area contributed by atoms with Gasteiger partial charge in [-0.25, -0.2) is 4.98 Å².